The first-order chi connectivity index (χ1) is 15.6. The molecule has 7 nitrogen and oxygen atoms in total. The molecule has 1 unspecified atom stereocenters. The van der Waals surface area contributed by atoms with E-state index in [0.717, 1.165) is 29.3 Å². The molecule has 0 radical (unpaired) electrons. The van der Waals surface area contributed by atoms with Crippen LogP contribution < -0.4 is 14.4 Å². The van der Waals surface area contributed by atoms with E-state index in [2.05, 4.69) is 22.6 Å². The fourth-order valence-electron chi connectivity index (χ4n) is 4.18. The van der Waals surface area contributed by atoms with Gasteiger partial charge in [-0.2, -0.15) is 0 Å². The summed E-state index contributed by atoms with van der Waals surface area (Å²) in [6, 6.07) is 13.0. The largest absolute Gasteiger partial charge is 0.493 e. The summed E-state index contributed by atoms with van der Waals surface area (Å²) in [5.74, 6) is 0.922. The van der Waals surface area contributed by atoms with Crippen LogP contribution in [0.25, 0.3) is 0 Å². The fourth-order valence-corrected chi connectivity index (χ4v) is 4.49. The number of methoxy groups -OCH3 is 1. The van der Waals surface area contributed by atoms with Crippen molar-refractivity contribution in [1.82, 2.24) is 4.90 Å². The number of hydrogen-bond acceptors (Lipinski definition) is 5. The average Bonchev–Trinajstić information content (AvgIpc) is 3.25. The third-order valence-corrected chi connectivity index (χ3v) is 6.56. The molecule has 1 fully saturated rings. The highest BCUT2D eigenvalue weighted by atomic mass is 127. The Hall–Kier alpha value is -2.49. The Morgan fingerprint density at radius 2 is 2.00 bits per heavy atom. The van der Waals surface area contributed by atoms with Crippen molar-refractivity contribution in [2.24, 2.45) is 0 Å². The number of ether oxygens (including phenoxy) is 3. The second-order valence-electron chi connectivity index (χ2n) is 7.86. The van der Waals surface area contributed by atoms with Crippen molar-refractivity contribution in [3.05, 3.63) is 53.6 Å². The highest BCUT2D eigenvalue weighted by molar-refractivity contribution is 14.1. The molecule has 4 rings (SSSR count). The van der Waals surface area contributed by atoms with Gasteiger partial charge in [0, 0.05) is 23.6 Å². The maximum atomic E-state index is 13.4. The maximum Gasteiger partial charge on any atom is 0.414 e. The predicted molar refractivity (Wildman–Crippen MR) is 130 cm³/mol. The first-order valence-corrected chi connectivity index (χ1v) is 12.3. The third kappa shape index (κ3) is 4.79. The lowest BCUT2D eigenvalue weighted by atomic mass is 10.1. The number of alkyl halides is 1. The molecular weight excluding hydrogens is 523 g/mol. The van der Waals surface area contributed by atoms with E-state index in [4.69, 9.17) is 14.2 Å². The summed E-state index contributed by atoms with van der Waals surface area (Å²) in [6.07, 6.45) is 2.20. The van der Waals surface area contributed by atoms with Crippen molar-refractivity contribution in [2.75, 3.05) is 36.1 Å². The van der Waals surface area contributed by atoms with E-state index < -0.39 is 6.09 Å². The van der Waals surface area contributed by atoms with Crippen LogP contribution in [0, 0.1) is 0 Å². The molecule has 0 spiro atoms. The Morgan fingerprint density at radius 3 is 2.75 bits per heavy atom. The van der Waals surface area contributed by atoms with E-state index in [1.807, 2.05) is 35.2 Å². The minimum atomic E-state index is -0.472. The molecule has 0 N–H and O–H groups in total. The van der Waals surface area contributed by atoms with Gasteiger partial charge in [0.2, 0.25) is 0 Å². The minimum Gasteiger partial charge on any atom is -0.493 e. The topological polar surface area (TPSA) is 68.3 Å². The lowest BCUT2D eigenvalue weighted by molar-refractivity contribution is 0.0746. The van der Waals surface area contributed by atoms with Crippen LogP contribution in [0.15, 0.2) is 42.5 Å². The van der Waals surface area contributed by atoms with Crippen molar-refractivity contribution < 1.29 is 23.8 Å². The van der Waals surface area contributed by atoms with Gasteiger partial charge in [0.05, 0.1) is 31.0 Å². The second-order valence-corrected chi connectivity index (χ2v) is 8.94. The highest BCUT2D eigenvalue weighted by Crippen LogP contribution is 2.39. The molecule has 0 aliphatic carbocycles. The normalized spacial score (nSPS) is 17.4. The molecule has 2 aliphatic heterocycles. The van der Waals surface area contributed by atoms with Gasteiger partial charge in [0.25, 0.3) is 5.91 Å². The van der Waals surface area contributed by atoms with E-state index in [0.29, 0.717) is 42.4 Å². The van der Waals surface area contributed by atoms with Crippen molar-refractivity contribution >= 4 is 40.3 Å². The first-order valence-electron chi connectivity index (χ1n) is 10.8. The number of hydrogen-bond donors (Lipinski definition) is 0. The Bertz CT molecular complexity index is 968. The fraction of sp³-hybridized carbons (Fsp3) is 0.417. The highest BCUT2D eigenvalue weighted by Gasteiger charge is 2.39. The molecular formula is C24H27IN2O5. The molecule has 2 aromatic rings. The first kappa shape index (κ1) is 22.7. The quantitative estimate of drug-likeness (QED) is 0.285. The van der Waals surface area contributed by atoms with Gasteiger partial charge in [-0.1, -0.05) is 52.9 Å². The smallest absolute Gasteiger partial charge is 0.414 e. The van der Waals surface area contributed by atoms with E-state index >= 15 is 0 Å². The van der Waals surface area contributed by atoms with Gasteiger partial charge >= 0.3 is 6.09 Å². The van der Waals surface area contributed by atoms with Crippen LogP contribution in [0.4, 0.5) is 10.5 Å². The zero-order valence-electron chi connectivity index (χ0n) is 18.1. The minimum absolute atomic E-state index is 0.0337. The van der Waals surface area contributed by atoms with Crippen LogP contribution in [0.5, 0.6) is 11.5 Å². The lowest BCUT2D eigenvalue weighted by Gasteiger charge is -2.26. The molecule has 32 heavy (non-hydrogen) atoms. The van der Waals surface area contributed by atoms with Gasteiger partial charge in [-0.25, -0.2) is 4.79 Å². The predicted octanol–water partition coefficient (Wildman–Crippen LogP) is 4.66. The molecule has 2 aliphatic rings. The van der Waals surface area contributed by atoms with Crippen molar-refractivity contribution in [3.63, 3.8) is 0 Å². The molecule has 0 bridgehead atoms. The monoisotopic (exact) mass is 550 g/mol. The van der Waals surface area contributed by atoms with Gasteiger partial charge in [-0.15, -0.1) is 0 Å². The molecule has 2 aromatic carbocycles. The van der Waals surface area contributed by atoms with Crippen LogP contribution in [0.1, 0.15) is 35.2 Å². The number of benzene rings is 2. The molecule has 8 heteroatoms. The third-order valence-electron chi connectivity index (χ3n) is 5.80. The second kappa shape index (κ2) is 10.4. The summed E-state index contributed by atoms with van der Waals surface area (Å²) in [4.78, 5) is 30.0. The van der Waals surface area contributed by atoms with Crippen LogP contribution in [0.2, 0.25) is 0 Å². The molecule has 170 valence electrons. The van der Waals surface area contributed by atoms with Crippen molar-refractivity contribution in [2.45, 2.75) is 31.9 Å². The number of carbonyl (C=O) groups is 2. The average molecular weight is 550 g/mol. The molecule has 0 aromatic heterocycles. The summed E-state index contributed by atoms with van der Waals surface area (Å²) in [5.41, 5.74) is 1.85. The standard InChI is InChI=1S/C24H27IN2O5/c1-30-21-13-19-20(14-22(21)31-12-6-10-25)27(15-18-9-5-11-26(18)23(19)28)24(29)32-16-17-7-3-2-4-8-17/h2-4,7-8,13-14,18H,5-6,9-12,15-16H2,1H3. The number of amides is 2. The number of rotatable bonds is 7. The van der Waals surface area contributed by atoms with Gasteiger partial charge in [-0.3, -0.25) is 9.69 Å². The van der Waals surface area contributed by atoms with E-state index in [9.17, 15) is 9.59 Å². The lowest BCUT2D eigenvalue weighted by Crippen LogP contribution is -2.42. The van der Waals surface area contributed by atoms with Gasteiger partial charge in [0.1, 0.15) is 6.61 Å². The Kier molecular flexibility index (Phi) is 7.39. The Balaban J connectivity index is 1.67. The summed E-state index contributed by atoms with van der Waals surface area (Å²) in [7, 11) is 1.55. The van der Waals surface area contributed by atoms with Gasteiger partial charge in [-0.05, 0) is 30.9 Å². The molecule has 1 atom stereocenters. The zero-order valence-corrected chi connectivity index (χ0v) is 20.2. The van der Waals surface area contributed by atoms with E-state index in [-0.39, 0.29) is 18.6 Å². The van der Waals surface area contributed by atoms with E-state index in [1.54, 1.807) is 24.1 Å². The molecule has 1 saturated heterocycles. The van der Waals surface area contributed by atoms with Crippen LogP contribution >= 0.6 is 22.6 Å². The Labute approximate surface area is 201 Å². The summed E-state index contributed by atoms with van der Waals surface area (Å²) < 4.78 is 18.1. The number of nitrogens with zero attached hydrogens (tertiary/aromatic N) is 2. The summed E-state index contributed by atoms with van der Waals surface area (Å²) in [6.45, 7) is 1.78. The van der Waals surface area contributed by atoms with Crippen molar-refractivity contribution in [3.8, 4) is 11.5 Å². The number of carbonyl (C=O) groups excluding carboxylic acids is 2. The van der Waals surface area contributed by atoms with Gasteiger partial charge in [0.15, 0.2) is 11.5 Å². The van der Waals surface area contributed by atoms with Gasteiger partial charge < -0.3 is 19.1 Å². The summed E-state index contributed by atoms with van der Waals surface area (Å²) in [5, 5.41) is 0. The van der Waals surface area contributed by atoms with Crippen LogP contribution in [-0.2, 0) is 11.3 Å². The van der Waals surface area contributed by atoms with Crippen LogP contribution in [0.3, 0.4) is 0 Å². The Morgan fingerprint density at radius 1 is 1.19 bits per heavy atom. The summed E-state index contributed by atoms with van der Waals surface area (Å²) >= 11 is 2.30. The molecule has 0 saturated carbocycles. The number of anilines is 1. The number of halogens is 1. The zero-order chi connectivity index (χ0) is 22.5. The number of fused-ring (bicyclic) bond motifs is 2. The molecule has 2 heterocycles. The molecule has 2 amide bonds. The van der Waals surface area contributed by atoms with E-state index in [1.165, 1.54) is 0 Å². The van der Waals surface area contributed by atoms with Crippen molar-refractivity contribution in [1.29, 1.82) is 0 Å². The van der Waals surface area contributed by atoms with Crippen LogP contribution in [-0.4, -0.2) is 54.2 Å². The maximum absolute atomic E-state index is 13.4. The SMILES string of the molecule is COc1cc2c(cc1OCCCI)N(C(=O)OCc1ccccc1)CC1CCCN1C2=O.